The SMILES string of the molecule is CCC(C)NC(=O)c1cc(NC(=O)COc2ccc(Cl)cc2)ccc1N1CCc2ccccc2C1. The Kier molecular flexibility index (Phi) is 7.93. The van der Waals surface area contributed by atoms with Crippen LogP contribution < -0.4 is 20.3 Å². The molecule has 1 aliphatic rings. The normalized spacial score (nSPS) is 13.5. The molecule has 182 valence electrons. The van der Waals surface area contributed by atoms with Gasteiger partial charge in [-0.15, -0.1) is 0 Å². The van der Waals surface area contributed by atoms with Crippen LogP contribution in [0.3, 0.4) is 0 Å². The number of rotatable bonds is 8. The van der Waals surface area contributed by atoms with E-state index in [1.807, 2.05) is 32.0 Å². The summed E-state index contributed by atoms with van der Waals surface area (Å²) in [5.41, 5.74) is 4.56. The van der Waals surface area contributed by atoms with Gasteiger partial charge in [0.2, 0.25) is 0 Å². The number of fused-ring (bicyclic) bond motifs is 1. The molecule has 0 radical (unpaired) electrons. The fraction of sp³-hybridized carbons (Fsp3) is 0.286. The largest absolute Gasteiger partial charge is 0.484 e. The van der Waals surface area contributed by atoms with Crippen LogP contribution in [0.1, 0.15) is 41.8 Å². The van der Waals surface area contributed by atoms with Crippen molar-refractivity contribution in [2.45, 2.75) is 39.3 Å². The maximum atomic E-state index is 13.2. The Balaban J connectivity index is 1.52. The molecule has 4 rings (SSSR count). The number of anilines is 2. The summed E-state index contributed by atoms with van der Waals surface area (Å²) in [5.74, 6) is 0.0912. The quantitative estimate of drug-likeness (QED) is 0.439. The van der Waals surface area contributed by atoms with Crippen LogP contribution in [0.15, 0.2) is 66.7 Å². The second kappa shape index (κ2) is 11.3. The van der Waals surface area contributed by atoms with Gasteiger partial charge >= 0.3 is 0 Å². The molecule has 0 aliphatic carbocycles. The maximum Gasteiger partial charge on any atom is 0.262 e. The lowest BCUT2D eigenvalue weighted by molar-refractivity contribution is -0.118. The molecule has 1 heterocycles. The topological polar surface area (TPSA) is 70.7 Å². The average Bonchev–Trinajstić information content (AvgIpc) is 2.88. The van der Waals surface area contributed by atoms with Crippen LogP contribution in [0.4, 0.5) is 11.4 Å². The van der Waals surface area contributed by atoms with Crippen molar-refractivity contribution < 1.29 is 14.3 Å². The molecule has 1 aliphatic heterocycles. The van der Waals surface area contributed by atoms with Crippen molar-refractivity contribution in [3.8, 4) is 5.75 Å². The Bertz CT molecular complexity index is 1200. The zero-order chi connectivity index (χ0) is 24.8. The van der Waals surface area contributed by atoms with Gasteiger partial charge in [0.1, 0.15) is 5.75 Å². The van der Waals surface area contributed by atoms with E-state index in [1.54, 1.807) is 30.3 Å². The summed E-state index contributed by atoms with van der Waals surface area (Å²) in [6, 6.07) is 20.8. The molecule has 0 aromatic heterocycles. The van der Waals surface area contributed by atoms with Crippen molar-refractivity contribution >= 4 is 34.8 Å². The van der Waals surface area contributed by atoms with Crippen molar-refractivity contribution in [3.63, 3.8) is 0 Å². The molecule has 3 aromatic rings. The number of hydrogen-bond acceptors (Lipinski definition) is 4. The molecule has 0 saturated carbocycles. The van der Waals surface area contributed by atoms with Gasteiger partial charge in [-0.1, -0.05) is 42.8 Å². The van der Waals surface area contributed by atoms with Gasteiger partial charge in [0.05, 0.1) is 5.56 Å². The predicted octanol–water partition coefficient (Wildman–Crippen LogP) is 5.45. The first-order valence-corrected chi connectivity index (χ1v) is 12.3. The minimum absolute atomic E-state index is 0.0449. The van der Waals surface area contributed by atoms with Gasteiger partial charge in [-0.3, -0.25) is 9.59 Å². The maximum absolute atomic E-state index is 13.2. The van der Waals surface area contributed by atoms with E-state index in [4.69, 9.17) is 16.3 Å². The molecule has 6 nitrogen and oxygen atoms in total. The van der Waals surface area contributed by atoms with Gasteiger partial charge < -0.3 is 20.3 Å². The molecule has 0 fully saturated rings. The molecule has 3 aromatic carbocycles. The third-order valence-corrected chi connectivity index (χ3v) is 6.42. The fourth-order valence-electron chi connectivity index (χ4n) is 4.05. The highest BCUT2D eigenvalue weighted by molar-refractivity contribution is 6.30. The highest BCUT2D eigenvalue weighted by Gasteiger charge is 2.22. The predicted molar refractivity (Wildman–Crippen MR) is 140 cm³/mol. The first-order valence-electron chi connectivity index (χ1n) is 11.9. The Morgan fingerprint density at radius 3 is 2.54 bits per heavy atom. The Morgan fingerprint density at radius 1 is 1.06 bits per heavy atom. The molecular weight excluding hydrogens is 462 g/mol. The van der Waals surface area contributed by atoms with E-state index in [0.29, 0.717) is 22.0 Å². The molecule has 1 atom stereocenters. The van der Waals surface area contributed by atoms with Crippen LogP contribution in [0.25, 0.3) is 0 Å². The van der Waals surface area contributed by atoms with Gasteiger partial charge in [-0.05, 0) is 73.4 Å². The summed E-state index contributed by atoms with van der Waals surface area (Å²) in [7, 11) is 0. The van der Waals surface area contributed by atoms with E-state index in [0.717, 1.165) is 31.6 Å². The van der Waals surface area contributed by atoms with Gasteiger partial charge in [-0.25, -0.2) is 0 Å². The highest BCUT2D eigenvalue weighted by atomic mass is 35.5. The van der Waals surface area contributed by atoms with Crippen LogP contribution in [0.5, 0.6) is 5.75 Å². The minimum atomic E-state index is -0.312. The highest BCUT2D eigenvalue weighted by Crippen LogP contribution is 2.30. The van der Waals surface area contributed by atoms with E-state index in [2.05, 4.69) is 33.7 Å². The van der Waals surface area contributed by atoms with Crippen LogP contribution in [0.2, 0.25) is 5.02 Å². The lowest BCUT2D eigenvalue weighted by Crippen LogP contribution is -2.36. The van der Waals surface area contributed by atoms with Crippen LogP contribution in [0, 0.1) is 0 Å². The summed E-state index contributed by atoms with van der Waals surface area (Å²) in [4.78, 5) is 27.9. The second-order valence-corrected chi connectivity index (χ2v) is 9.18. The minimum Gasteiger partial charge on any atom is -0.484 e. The summed E-state index contributed by atoms with van der Waals surface area (Å²) in [6.07, 6.45) is 1.75. The molecule has 2 amide bonds. The van der Waals surface area contributed by atoms with Crippen LogP contribution in [-0.4, -0.2) is 31.0 Å². The average molecular weight is 492 g/mol. The zero-order valence-electron chi connectivity index (χ0n) is 20.0. The summed E-state index contributed by atoms with van der Waals surface area (Å²) < 4.78 is 5.53. The van der Waals surface area contributed by atoms with Crippen LogP contribution in [-0.2, 0) is 17.8 Å². The van der Waals surface area contributed by atoms with Crippen molar-refractivity contribution in [2.75, 3.05) is 23.4 Å². The number of carbonyl (C=O) groups excluding carboxylic acids is 2. The van der Waals surface area contributed by atoms with E-state index < -0.39 is 0 Å². The number of amides is 2. The third kappa shape index (κ3) is 6.34. The first-order chi connectivity index (χ1) is 16.9. The number of benzene rings is 3. The zero-order valence-corrected chi connectivity index (χ0v) is 20.8. The van der Waals surface area contributed by atoms with E-state index >= 15 is 0 Å². The molecule has 2 N–H and O–H groups in total. The number of nitrogens with zero attached hydrogens (tertiary/aromatic N) is 1. The molecule has 0 bridgehead atoms. The number of hydrogen-bond donors (Lipinski definition) is 2. The first kappa shape index (κ1) is 24.6. The van der Waals surface area contributed by atoms with Crippen molar-refractivity contribution in [1.82, 2.24) is 5.32 Å². The Morgan fingerprint density at radius 2 is 1.80 bits per heavy atom. The summed E-state index contributed by atoms with van der Waals surface area (Å²) in [5, 5.41) is 6.51. The summed E-state index contributed by atoms with van der Waals surface area (Å²) >= 11 is 5.89. The molecule has 35 heavy (non-hydrogen) atoms. The van der Waals surface area contributed by atoms with Crippen LogP contribution >= 0.6 is 11.6 Å². The third-order valence-electron chi connectivity index (χ3n) is 6.17. The molecule has 0 spiro atoms. The van der Waals surface area contributed by atoms with E-state index in [9.17, 15) is 9.59 Å². The number of halogens is 1. The Labute approximate surface area is 211 Å². The van der Waals surface area contributed by atoms with Gasteiger partial charge in [-0.2, -0.15) is 0 Å². The van der Waals surface area contributed by atoms with E-state index in [1.165, 1.54) is 11.1 Å². The Hall–Kier alpha value is -3.51. The fourth-order valence-corrected chi connectivity index (χ4v) is 4.18. The molecular formula is C28H30ClN3O3. The van der Waals surface area contributed by atoms with Crippen molar-refractivity contribution in [2.24, 2.45) is 0 Å². The standard InChI is InChI=1S/C28H30ClN3O3/c1-3-19(2)30-28(34)25-16-23(31-27(33)18-35-24-11-8-22(29)9-12-24)10-13-26(25)32-15-14-20-6-4-5-7-21(20)17-32/h4-13,16,19H,3,14-15,17-18H2,1-2H3,(H,30,34)(H,31,33). The molecule has 1 unspecified atom stereocenters. The van der Waals surface area contributed by atoms with Crippen molar-refractivity contribution in [3.05, 3.63) is 88.4 Å². The van der Waals surface area contributed by atoms with Gasteiger partial charge in [0, 0.05) is 35.5 Å². The monoisotopic (exact) mass is 491 g/mol. The number of carbonyl (C=O) groups is 2. The van der Waals surface area contributed by atoms with Crippen molar-refractivity contribution in [1.29, 1.82) is 0 Å². The lowest BCUT2D eigenvalue weighted by atomic mass is 9.98. The lowest BCUT2D eigenvalue weighted by Gasteiger charge is -2.32. The number of ether oxygens (including phenoxy) is 1. The second-order valence-electron chi connectivity index (χ2n) is 8.75. The van der Waals surface area contributed by atoms with E-state index in [-0.39, 0.29) is 24.5 Å². The summed E-state index contributed by atoms with van der Waals surface area (Å²) in [6.45, 7) is 5.42. The molecule has 7 heteroatoms. The molecule has 0 saturated heterocycles. The smallest absolute Gasteiger partial charge is 0.262 e. The number of nitrogens with one attached hydrogen (secondary N) is 2. The van der Waals surface area contributed by atoms with Gasteiger partial charge in [0.15, 0.2) is 6.61 Å². The van der Waals surface area contributed by atoms with Gasteiger partial charge in [0.25, 0.3) is 11.8 Å².